The first kappa shape index (κ1) is 15.6. The number of nitrogens with one attached hydrogen (secondary N) is 2. The molecular weight excluding hydrogens is 306 g/mol. The third-order valence-corrected chi connectivity index (χ3v) is 3.30. The molecule has 4 N–H and O–H groups in total. The number of aryl methyl sites for hydroxylation is 2. The molecule has 0 radical (unpaired) electrons. The van der Waals surface area contributed by atoms with Crippen LogP contribution >= 0.6 is 0 Å². The number of para-hydroxylation sites is 1. The fourth-order valence-corrected chi connectivity index (χ4v) is 2.37. The third kappa shape index (κ3) is 3.54. The fraction of sp³-hybridized carbons (Fsp3) is 0.188. The van der Waals surface area contributed by atoms with Crippen molar-refractivity contribution >= 4 is 29.3 Å². The average Bonchev–Trinajstić information content (AvgIpc) is 2.87. The maximum atomic E-state index is 12.1. The van der Waals surface area contributed by atoms with Crippen LogP contribution in [0.5, 0.6) is 0 Å². The lowest BCUT2D eigenvalue weighted by Gasteiger charge is -2.14. The number of hydrazine groups is 1. The summed E-state index contributed by atoms with van der Waals surface area (Å²) in [5, 5.41) is 1.44. The highest BCUT2D eigenvalue weighted by Crippen LogP contribution is 2.16. The Kier molecular flexibility index (Phi) is 4.19. The van der Waals surface area contributed by atoms with Gasteiger partial charge in [-0.1, -0.05) is 18.2 Å². The number of nitrogens with two attached hydrogens (primary N) is 1. The van der Waals surface area contributed by atoms with Gasteiger partial charge in [-0.05, 0) is 26.0 Å². The molecule has 122 valence electrons. The molecule has 0 aliphatic carbocycles. The van der Waals surface area contributed by atoms with Gasteiger partial charge in [0.15, 0.2) is 5.84 Å². The minimum atomic E-state index is -0.101. The van der Waals surface area contributed by atoms with Crippen LogP contribution in [-0.4, -0.2) is 27.7 Å². The molecule has 0 unspecified atom stereocenters. The number of amides is 1. The van der Waals surface area contributed by atoms with E-state index in [-0.39, 0.29) is 18.3 Å². The number of aromatic nitrogens is 2. The summed E-state index contributed by atoms with van der Waals surface area (Å²) in [5.41, 5.74) is 11.2. The number of aliphatic imine (C=N–C) groups is 1. The minimum absolute atomic E-state index is 0.101. The van der Waals surface area contributed by atoms with Gasteiger partial charge < -0.3 is 5.73 Å². The van der Waals surface area contributed by atoms with Crippen molar-refractivity contribution in [2.75, 3.05) is 5.01 Å². The van der Waals surface area contributed by atoms with E-state index >= 15 is 0 Å². The highest BCUT2D eigenvalue weighted by atomic mass is 16.2. The summed E-state index contributed by atoms with van der Waals surface area (Å²) in [7, 11) is 0. The summed E-state index contributed by atoms with van der Waals surface area (Å²) in [5.74, 6) is 0.845. The van der Waals surface area contributed by atoms with Gasteiger partial charge in [0.05, 0.1) is 23.5 Å². The summed E-state index contributed by atoms with van der Waals surface area (Å²) in [6, 6.07) is 11.1. The lowest BCUT2D eigenvalue weighted by molar-refractivity contribution is -0.366. The monoisotopic (exact) mass is 324 g/mol. The molecule has 1 aromatic heterocycles. The van der Waals surface area contributed by atoms with Crippen LogP contribution in [0.1, 0.15) is 17.8 Å². The van der Waals surface area contributed by atoms with E-state index in [9.17, 15) is 4.79 Å². The molecule has 2 heterocycles. The number of hydrogen-bond acceptors (Lipinski definition) is 3. The van der Waals surface area contributed by atoms with E-state index in [0.717, 1.165) is 17.1 Å². The number of guanidine groups is 1. The zero-order valence-electron chi connectivity index (χ0n) is 13.4. The van der Waals surface area contributed by atoms with Crippen molar-refractivity contribution < 1.29 is 9.79 Å². The minimum Gasteiger partial charge on any atom is -0.320 e. The summed E-state index contributed by atoms with van der Waals surface area (Å²) in [6.45, 7) is 3.74. The standard InChI is InChI=1S/C16H17N7O/c1-10-8-11(2)19-16(18-10)21-15(17)20-13-9-14(24)23(22-13)12-6-4-3-5-7-12/h3-8H,9H2,1-2H3,(H3,17,18,19,20,21,22)/p+1. The second-order valence-corrected chi connectivity index (χ2v) is 5.40. The first-order chi connectivity index (χ1) is 11.5. The van der Waals surface area contributed by atoms with Crippen molar-refractivity contribution in [3.63, 3.8) is 0 Å². The molecule has 24 heavy (non-hydrogen) atoms. The summed E-state index contributed by atoms with van der Waals surface area (Å²) < 4.78 is 0. The Morgan fingerprint density at radius 2 is 1.92 bits per heavy atom. The normalized spacial score (nSPS) is 16.6. The van der Waals surface area contributed by atoms with Crippen LogP contribution in [0.4, 0.5) is 11.6 Å². The Hall–Kier alpha value is -3.29. The van der Waals surface area contributed by atoms with Gasteiger partial charge in [-0.25, -0.2) is 10.0 Å². The number of nitrogens with zero attached hydrogens (tertiary/aromatic N) is 4. The molecule has 0 bridgehead atoms. The maximum absolute atomic E-state index is 12.1. The van der Waals surface area contributed by atoms with Gasteiger partial charge in [-0.15, -0.1) is 15.0 Å². The third-order valence-electron chi connectivity index (χ3n) is 3.30. The lowest BCUT2D eigenvalue weighted by Crippen LogP contribution is -2.70. The van der Waals surface area contributed by atoms with Crippen molar-refractivity contribution in [1.29, 1.82) is 0 Å². The predicted molar refractivity (Wildman–Crippen MR) is 90.4 cm³/mol. The van der Waals surface area contributed by atoms with Crippen molar-refractivity contribution in [2.45, 2.75) is 20.3 Å². The summed E-state index contributed by atoms with van der Waals surface area (Å²) >= 11 is 0. The van der Waals surface area contributed by atoms with Crippen LogP contribution in [0.3, 0.4) is 0 Å². The Balaban J connectivity index is 1.79. The fourth-order valence-electron chi connectivity index (χ4n) is 2.37. The van der Waals surface area contributed by atoms with Crippen LogP contribution in [0, 0.1) is 13.8 Å². The molecule has 0 atom stereocenters. The lowest BCUT2D eigenvalue weighted by atomic mass is 10.3. The van der Waals surface area contributed by atoms with E-state index in [0.29, 0.717) is 11.8 Å². The van der Waals surface area contributed by atoms with Crippen molar-refractivity contribution in [3.05, 3.63) is 47.8 Å². The number of amidine groups is 1. The van der Waals surface area contributed by atoms with Crippen molar-refractivity contribution in [3.8, 4) is 0 Å². The zero-order valence-corrected chi connectivity index (χ0v) is 13.4. The van der Waals surface area contributed by atoms with Gasteiger partial charge in [0.1, 0.15) is 0 Å². The van der Waals surface area contributed by atoms with Crippen LogP contribution in [0.25, 0.3) is 0 Å². The summed E-state index contributed by atoms with van der Waals surface area (Å²) in [4.78, 5) is 27.6. The zero-order chi connectivity index (χ0) is 17.1. The van der Waals surface area contributed by atoms with Crippen LogP contribution in [0.2, 0.25) is 0 Å². The van der Waals surface area contributed by atoms with E-state index in [1.165, 1.54) is 5.01 Å². The molecular formula is C16H18N7O+. The molecule has 1 aliphatic rings. The molecule has 2 aromatic rings. The second-order valence-electron chi connectivity index (χ2n) is 5.40. The molecule has 1 fully saturated rings. The Labute approximate surface area is 139 Å². The quantitative estimate of drug-likeness (QED) is 0.508. The number of anilines is 1. The van der Waals surface area contributed by atoms with E-state index in [2.05, 4.69) is 25.4 Å². The Morgan fingerprint density at radius 3 is 2.58 bits per heavy atom. The van der Waals surface area contributed by atoms with Gasteiger partial charge in [-0.2, -0.15) is 0 Å². The molecule has 1 saturated heterocycles. The molecule has 1 aromatic carbocycles. The van der Waals surface area contributed by atoms with Crippen LogP contribution < -0.4 is 21.2 Å². The molecule has 0 saturated carbocycles. The summed E-state index contributed by atoms with van der Waals surface area (Å²) in [6.07, 6.45) is 0.144. The number of rotatable bonds is 2. The Bertz CT molecular complexity index is 809. The van der Waals surface area contributed by atoms with Gasteiger partial charge in [0.25, 0.3) is 5.91 Å². The molecule has 8 nitrogen and oxygen atoms in total. The number of carbonyl (C=O) groups is 1. The number of hydrogen-bond donors (Lipinski definition) is 3. The maximum Gasteiger partial charge on any atom is 0.354 e. The molecule has 1 amide bonds. The second kappa shape index (κ2) is 6.45. The van der Waals surface area contributed by atoms with Gasteiger partial charge in [-0.3, -0.25) is 10.2 Å². The van der Waals surface area contributed by atoms with Crippen molar-refractivity contribution in [2.24, 2.45) is 10.7 Å². The highest BCUT2D eigenvalue weighted by Gasteiger charge is 2.28. The molecule has 8 heteroatoms. The number of benzene rings is 1. The SMILES string of the molecule is Cc1cc(C)nc([NH+]=C(N)/N=C2\CC(=O)N(c3ccccc3)N2)n1. The molecule has 1 aliphatic heterocycles. The van der Waals surface area contributed by atoms with E-state index in [1.807, 2.05) is 50.2 Å². The first-order valence-corrected chi connectivity index (χ1v) is 7.45. The van der Waals surface area contributed by atoms with E-state index < -0.39 is 0 Å². The van der Waals surface area contributed by atoms with E-state index in [4.69, 9.17) is 5.73 Å². The largest absolute Gasteiger partial charge is 0.354 e. The highest BCUT2D eigenvalue weighted by molar-refractivity contribution is 6.15. The number of carbonyl (C=O) groups excluding carboxylic acids is 1. The van der Waals surface area contributed by atoms with Crippen molar-refractivity contribution in [1.82, 2.24) is 15.4 Å². The van der Waals surface area contributed by atoms with E-state index in [1.54, 1.807) is 0 Å². The van der Waals surface area contributed by atoms with Gasteiger partial charge >= 0.3 is 11.9 Å². The molecule has 0 spiro atoms. The van der Waals surface area contributed by atoms with Gasteiger partial charge in [0, 0.05) is 6.07 Å². The van der Waals surface area contributed by atoms with Crippen LogP contribution in [-0.2, 0) is 4.79 Å². The smallest absolute Gasteiger partial charge is 0.320 e. The topological polar surface area (TPSA) is 110 Å². The first-order valence-electron chi connectivity index (χ1n) is 7.45. The van der Waals surface area contributed by atoms with Gasteiger partial charge in [0.2, 0.25) is 0 Å². The molecule has 3 rings (SSSR count). The average molecular weight is 324 g/mol. The predicted octanol–water partition coefficient (Wildman–Crippen LogP) is -0.540. The Morgan fingerprint density at radius 1 is 1.25 bits per heavy atom. The van der Waals surface area contributed by atoms with Crippen LogP contribution in [0.15, 0.2) is 41.4 Å².